The summed E-state index contributed by atoms with van der Waals surface area (Å²) in [6.45, 7) is 4.83. The van der Waals surface area contributed by atoms with Crippen LogP contribution in [0.5, 0.6) is 5.75 Å². The molecule has 1 N–H and O–H groups in total. The summed E-state index contributed by atoms with van der Waals surface area (Å²) >= 11 is 1.22. The van der Waals surface area contributed by atoms with E-state index < -0.39 is 5.25 Å². The zero-order valence-electron chi connectivity index (χ0n) is 19.1. The lowest BCUT2D eigenvalue weighted by molar-refractivity contribution is -0.115. The van der Waals surface area contributed by atoms with E-state index in [4.69, 9.17) is 9.15 Å². The maximum absolute atomic E-state index is 12.9. The molecule has 1 atom stereocenters. The Hall–Kier alpha value is -3.78. The third-order valence-corrected chi connectivity index (χ3v) is 6.68. The van der Waals surface area contributed by atoms with Crippen LogP contribution in [-0.4, -0.2) is 33.0 Å². The van der Waals surface area contributed by atoms with Gasteiger partial charge in [0.1, 0.15) is 5.75 Å². The lowest BCUT2D eigenvalue weighted by Crippen LogP contribution is -2.22. The van der Waals surface area contributed by atoms with Crippen LogP contribution < -0.4 is 10.1 Å². The molecule has 0 radical (unpaired) electrons. The van der Waals surface area contributed by atoms with Crippen molar-refractivity contribution in [2.24, 2.45) is 0 Å². The molecule has 0 fully saturated rings. The Kier molecular flexibility index (Phi) is 5.98. The summed E-state index contributed by atoms with van der Waals surface area (Å²) in [5.74, 6) is 0.860. The number of para-hydroxylation sites is 2. The van der Waals surface area contributed by atoms with Crippen LogP contribution in [0.3, 0.4) is 0 Å². The van der Waals surface area contributed by atoms with Gasteiger partial charge in [-0.05, 0) is 50.2 Å². The summed E-state index contributed by atoms with van der Waals surface area (Å²) in [7, 11) is 1.59. The Morgan fingerprint density at radius 3 is 2.65 bits per heavy atom. The Morgan fingerprint density at radius 1 is 1.06 bits per heavy atom. The average Bonchev–Trinajstić information content (AvgIpc) is 3.46. The van der Waals surface area contributed by atoms with Crippen LogP contribution in [0, 0.1) is 0 Å². The third kappa shape index (κ3) is 4.01. The maximum atomic E-state index is 12.9. The summed E-state index contributed by atoms with van der Waals surface area (Å²) < 4.78 is 13.4. The van der Waals surface area contributed by atoms with Crippen molar-refractivity contribution >= 4 is 45.2 Å². The van der Waals surface area contributed by atoms with Gasteiger partial charge in [-0.3, -0.25) is 4.79 Å². The van der Waals surface area contributed by atoms with Crippen LogP contribution >= 0.6 is 11.8 Å². The van der Waals surface area contributed by atoms with Crippen molar-refractivity contribution < 1.29 is 13.9 Å². The Bertz CT molecular complexity index is 1490. The molecule has 0 aliphatic carbocycles. The number of carbonyl (C=O) groups is 1. The molecule has 1 unspecified atom stereocenters. The number of aromatic nitrogens is 3. The summed E-state index contributed by atoms with van der Waals surface area (Å²) in [6, 6.07) is 21.8. The van der Waals surface area contributed by atoms with Crippen LogP contribution in [0.4, 0.5) is 5.69 Å². The smallest absolute Gasteiger partial charge is 0.277 e. The normalized spacial score (nSPS) is 12.2. The van der Waals surface area contributed by atoms with Gasteiger partial charge in [-0.1, -0.05) is 42.1 Å². The standard InChI is InChI=1S/C26H24N4O3S/c1-4-30-21-11-7-5-9-18(21)20-15-17(13-14-22(20)30)27-24(31)16(2)34-26-29-28-25(33-26)19-10-6-8-12-23(19)32-3/h5-16H,4H2,1-3H3,(H,27,31). The Balaban J connectivity index is 1.33. The summed E-state index contributed by atoms with van der Waals surface area (Å²) in [6.07, 6.45) is 0. The molecule has 5 aromatic rings. The molecule has 3 aromatic carbocycles. The van der Waals surface area contributed by atoms with Crippen LogP contribution in [0.2, 0.25) is 0 Å². The van der Waals surface area contributed by atoms with Gasteiger partial charge in [0.2, 0.25) is 5.91 Å². The highest BCUT2D eigenvalue weighted by molar-refractivity contribution is 8.00. The van der Waals surface area contributed by atoms with E-state index in [0.29, 0.717) is 22.4 Å². The number of hydrogen-bond donors (Lipinski definition) is 1. The van der Waals surface area contributed by atoms with Gasteiger partial charge in [-0.15, -0.1) is 10.2 Å². The first kappa shape index (κ1) is 22.0. The maximum Gasteiger partial charge on any atom is 0.277 e. The van der Waals surface area contributed by atoms with Gasteiger partial charge in [0.25, 0.3) is 11.1 Å². The average molecular weight is 473 g/mol. The van der Waals surface area contributed by atoms with Gasteiger partial charge < -0.3 is 19.0 Å². The molecule has 0 aliphatic rings. The second-order valence-corrected chi connectivity index (χ2v) is 9.11. The van der Waals surface area contributed by atoms with E-state index >= 15 is 0 Å². The van der Waals surface area contributed by atoms with Crippen LogP contribution in [0.25, 0.3) is 33.3 Å². The summed E-state index contributed by atoms with van der Waals surface area (Å²) in [5, 5.41) is 13.4. The molecule has 5 rings (SSSR count). The molecule has 2 heterocycles. The van der Waals surface area contributed by atoms with Gasteiger partial charge in [-0.25, -0.2) is 0 Å². The second-order valence-electron chi connectivity index (χ2n) is 7.82. The highest BCUT2D eigenvalue weighted by Gasteiger charge is 2.20. The van der Waals surface area contributed by atoms with Crippen LogP contribution in [0.1, 0.15) is 13.8 Å². The number of nitrogens with one attached hydrogen (secondary N) is 1. The van der Waals surface area contributed by atoms with E-state index in [9.17, 15) is 4.79 Å². The molecule has 7 nitrogen and oxygen atoms in total. The quantitative estimate of drug-likeness (QED) is 0.293. The highest BCUT2D eigenvalue weighted by Crippen LogP contribution is 2.33. The molecule has 8 heteroatoms. The fourth-order valence-electron chi connectivity index (χ4n) is 4.11. The number of amides is 1. The lowest BCUT2D eigenvalue weighted by Gasteiger charge is -2.10. The highest BCUT2D eigenvalue weighted by atomic mass is 32.2. The lowest BCUT2D eigenvalue weighted by atomic mass is 10.1. The van der Waals surface area contributed by atoms with Crippen molar-refractivity contribution in [1.82, 2.24) is 14.8 Å². The number of thioether (sulfide) groups is 1. The molecule has 172 valence electrons. The zero-order chi connectivity index (χ0) is 23.7. The van der Waals surface area contributed by atoms with Crippen molar-refractivity contribution in [3.8, 4) is 17.2 Å². The van der Waals surface area contributed by atoms with E-state index in [1.54, 1.807) is 7.11 Å². The number of fused-ring (bicyclic) bond motifs is 3. The predicted octanol–water partition coefficient (Wildman–Crippen LogP) is 5.99. The van der Waals surface area contributed by atoms with Crippen molar-refractivity contribution in [3.63, 3.8) is 0 Å². The molecule has 0 spiro atoms. The molecule has 0 saturated heterocycles. The monoisotopic (exact) mass is 472 g/mol. The molecule has 34 heavy (non-hydrogen) atoms. The molecule has 0 bridgehead atoms. The minimum absolute atomic E-state index is 0.138. The first-order valence-corrected chi connectivity index (χ1v) is 11.9. The third-order valence-electron chi connectivity index (χ3n) is 5.75. The molecular weight excluding hydrogens is 448 g/mol. The topological polar surface area (TPSA) is 82.2 Å². The SMILES string of the molecule is CCn1c2ccccc2c2cc(NC(=O)C(C)Sc3nnc(-c4ccccc4OC)o3)ccc21. The Labute approximate surface area is 201 Å². The number of carbonyl (C=O) groups excluding carboxylic acids is 1. The number of anilines is 1. The zero-order valence-corrected chi connectivity index (χ0v) is 19.9. The molecule has 0 saturated carbocycles. The van der Waals surface area contributed by atoms with Gasteiger partial charge in [-0.2, -0.15) is 0 Å². The van der Waals surface area contributed by atoms with E-state index in [1.165, 1.54) is 22.7 Å². The molecule has 2 aromatic heterocycles. The fraction of sp³-hybridized carbons (Fsp3) is 0.192. The van der Waals surface area contributed by atoms with Gasteiger partial charge in [0.05, 0.1) is 17.9 Å². The van der Waals surface area contributed by atoms with Crippen molar-refractivity contribution in [3.05, 3.63) is 66.7 Å². The fourth-order valence-corrected chi connectivity index (χ4v) is 4.79. The number of ether oxygens (including phenoxy) is 1. The first-order chi connectivity index (χ1) is 16.6. The van der Waals surface area contributed by atoms with Crippen LogP contribution in [-0.2, 0) is 11.3 Å². The predicted molar refractivity (Wildman–Crippen MR) is 135 cm³/mol. The first-order valence-electron chi connectivity index (χ1n) is 11.0. The van der Waals surface area contributed by atoms with Crippen molar-refractivity contribution in [1.29, 1.82) is 0 Å². The number of methoxy groups -OCH3 is 1. The van der Waals surface area contributed by atoms with E-state index in [-0.39, 0.29) is 5.91 Å². The number of benzene rings is 3. The minimum Gasteiger partial charge on any atom is -0.496 e. The number of aryl methyl sites for hydroxylation is 1. The number of hydrogen-bond acceptors (Lipinski definition) is 6. The van der Waals surface area contributed by atoms with Gasteiger partial charge in [0, 0.05) is 34.0 Å². The largest absolute Gasteiger partial charge is 0.496 e. The minimum atomic E-state index is -0.432. The van der Waals surface area contributed by atoms with Crippen molar-refractivity contribution in [2.45, 2.75) is 30.9 Å². The van der Waals surface area contributed by atoms with E-state index in [0.717, 1.165) is 23.1 Å². The van der Waals surface area contributed by atoms with E-state index in [1.807, 2.05) is 55.5 Å². The van der Waals surface area contributed by atoms with Crippen molar-refractivity contribution in [2.75, 3.05) is 12.4 Å². The van der Waals surface area contributed by atoms with Crippen LogP contribution in [0.15, 0.2) is 76.4 Å². The van der Waals surface area contributed by atoms with Gasteiger partial charge >= 0.3 is 0 Å². The molecule has 0 aliphatic heterocycles. The second kappa shape index (κ2) is 9.23. The molecule has 1 amide bonds. The van der Waals surface area contributed by atoms with E-state index in [2.05, 4.69) is 45.2 Å². The molecular formula is C26H24N4O3S. The summed E-state index contributed by atoms with van der Waals surface area (Å²) in [5.41, 5.74) is 3.80. The summed E-state index contributed by atoms with van der Waals surface area (Å²) in [4.78, 5) is 12.9. The van der Waals surface area contributed by atoms with Gasteiger partial charge in [0.15, 0.2) is 0 Å². The Morgan fingerprint density at radius 2 is 1.82 bits per heavy atom. The number of nitrogens with zero attached hydrogens (tertiary/aromatic N) is 3. The number of rotatable bonds is 7.